The number of halogens is 3. The minimum atomic E-state index is -4.62. The van der Waals surface area contributed by atoms with Crippen molar-refractivity contribution in [1.29, 1.82) is 10.5 Å². The fourth-order valence-electron chi connectivity index (χ4n) is 9.67. The molecule has 0 atom stereocenters. The summed E-state index contributed by atoms with van der Waals surface area (Å²) in [7, 11) is 0. The average molecular weight is 859 g/mol. The topological polar surface area (TPSA) is 57.4 Å². The van der Waals surface area contributed by atoms with E-state index in [9.17, 15) is 23.7 Å². The molecule has 314 valence electrons. The van der Waals surface area contributed by atoms with Gasteiger partial charge in [0.25, 0.3) is 0 Å². The molecule has 0 aliphatic heterocycles. The molecule has 0 saturated carbocycles. The summed E-state index contributed by atoms with van der Waals surface area (Å²) < 4.78 is 46.4. The van der Waals surface area contributed by atoms with Crippen LogP contribution in [-0.2, 0) is 6.18 Å². The Balaban J connectivity index is 1.22. The van der Waals surface area contributed by atoms with Crippen molar-refractivity contribution in [2.24, 2.45) is 0 Å². The first-order valence-electron chi connectivity index (χ1n) is 21.6. The third kappa shape index (κ3) is 6.69. The molecule has 9 aromatic carbocycles. The summed E-state index contributed by atoms with van der Waals surface area (Å²) in [5.41, 5.74) is 14.1. The fourth-order valence-corrected chi connectivity index (χ4v) is 9.67. The number of hydrogen-bond donors (Lipinski definition) is 0. The van der Waals surface area contributed by atoms with E-state index >= 15 is 0 Å². The first-order chi connectivity index (χ1) is 32.1. The first-order valence-corrected chi connectivity index (χ1v) is 21.6. The molecule has 2 heterocycles. The van der Waals surface area contributed by atoms with Gasteiger partial charge in [0.2, 0.25) is 0 Å². The van der Waals surface area contributed by atoms with Crippen molar-refractivity contribution in [3.8, 4) is 68.0 Å². The molecule has 4 nitrogen and oxygen atoms in total. The lowest BCUT2D eigenvalue weighted by Gasteiger charge is -2.20. The number of fused-ring (bicyclic) bond motifs is 6. The van der Waals surface area contributed by atoms with E-state index in [-0.39, 0.29) is 5.56 Å². The van der Waals surface area contributed by atoms with Crippen LogP contribution in [0.4, 0.5) is 13.2 Å². The third-order valence-corrected chi connectivity index (χ3v) is 12.7. The van der Waals surface area contributed by atoms with Crippen LogP contribution in [0.2, 0.25) is 0 Å². The summed E-state index contributed by atoms with van der Waals surface area (Å²) in [6, 6.07) is 65.6. The summed E-state index contributed by atoms with van der Waals surface area (Å²) in [6.07, 6.45) is -4.62. The van der Waals surface area contributed by atoms with Gasteiger partial charge in [-0.05, 0) is 120 Å². The molecule has 11 rings (SSSR count). The van der Waals surface area contributed by atoms with Crippen LogP contribution in [-0.4, -0.2) is 9.13 Å². The van der Waals surface area contributed by atoms with E-state index in [1.54, 1.807) is 6.07 Å². The van der Waals surface area contributed by atoms with Crippen molar-refractivity contribution < 1.29 is 13.2 Å². The maximum Gasteiger partial charge on any atom is 0.416 e. The maximum atomic E-state index is 14.0. The smallest absolute Gasteiger partial charge is 0.309 e. The molecule has 0 N–H and O–H groups in total. The molecular weight excluding hydrogens is 822 g/mol. The van der Waals surface area contributed by atoms with Crippen LogP contribution in [0.1, 0.15) is 27.8 Å². The van der Waals surface area contributed by atoms with Crippen LogP contribution < -0.4 is 0 Å². The summed E-state index contributed by atoms with van der Waals surface area (Å²) in [5.74, 6) is 0. The van der Waals surface area contributed by atoms with Gasteiger partial charge >= 0.3 is 6.18 Å². The van der Waals surface area contributed by atoms with E-state index in [0.717, 1.165) is 100 Å². The number of aromatic nitrogens is 2. The van der Waals surface area contributed by atoms with Gasteiger partial charge in [0, 0.05) is 32.7 Å². The van der Waals surface area contributed by atoms with Crippen molar-refractivity contribution in [3.05, 3.63) is 216 Å². The Kier molecular flexibility index (Phi) is 9.46. The van der Waals surface area contributed by atoms with Crippen molar-refractivity contribution in [2.45, 2.75) is 20.0 Å². The highest BCUT2D eigenvalue weighted by Crippen LogP contribution is 2.44. The van der Waals surface area contributed by atoms with Gasteiger partial charge in [0.15, 0.2) is 0 Å². The highest BCUT2D eigenvalue weighted by atomic mass is 19.4. The quantitative estimate of drug-likeness (QED) is 0.167. The van der Waals surface area contributed by atoms with Crippen LogP contribution in [0, 0.1) is 36.5 Å². The minimum Gasteiger partial charge on any atom is -0.309 e. The lowest BCUT2D eigenvalue weighted by molar-refractivity contribution is -0.137. The molecule has 0 aliphatic rings. The SMILES string of the molecule is Cc1cccc(-c2ccc3c(c2)c2ccccc2n3-c2ccc(-c3ccc(C(F)(F)F)cc3C#N)cc2-c2ccc(C#N)cc2-n2c3ccccc3c3cc(-c4cccc(C)c4)ccc32)c1. The summed E-state index contributed by atoms with van der Waals surface area (Å²) in [4.78, 5) is 0. The Morgan fingerprint density at radius 3 is 1.48 bits per heavy atom. The van der Waals surface area contributed by atoms with Crippen LogP contribution in [0.5, 0.6) is 0 Å². The highest BCUT2D eigenvalue weighted by Gasteiger charge is 2.31. The molecule has 66 heavy (non-hydrogen) atoms. The second-order valence-corrected chi connectivity index (χ2v) is 16.9. The zero-order valence-electron chi connectivity index (χ0n) is 35.8. The number of benzene rings is 9. The van der Waals surface area contributed by atoms with Gasteiger partial charge in [-0.25, -0.2) is 0 Å². The monoisotopic (exact) mass is 858 g/mol. The highest BCUT2D eigenvalue weighted by molar-refractivity contribution is 6.13. The molecular formula is C59H37F3N4. The summed E-state index contributed by atoms with van der Waals surface area (Å²) >= 11 is 0. The van der Waals surface area contributed by atoms with Crippen LogP contribution in [0.15, 0.2) is 188 Å². The summed E-state index contributed by atoms with van der Waals surface area (Å²) in [6.45, 7) is 4.17. The second-order valence-electron chi connectivity index (χ2n) is 16.9. The second kappa shape index (κ2) is 15.6. The van der Waals surface area contributed by atoms with Crippen LogP contribution in [0.25, 0.3) is 99.5 Å². The molecule has 0 bridgehead atoms. The van der Waals surface area contributed by atoms with Gasteiger partial charge in [-0.1, -0.05) is 126 Å². The van der Waals surface area contributed by atoms with E-state index in [1.807, 2.05) is 60.7 Å². The van der Waals surface area contributed by atoms with Gasteiger partial charge in [0.1, 0.15) is 0 Å². The molecule has 7 heteroatoms. The number of alkyl halides is 3. The zero-order valence-corrected chi connectivity index (χ0v) is 35.8. The van der Waals surface area contributed by atoms with Gasteiger partial charge in [-0.2, -0.15) is 23.7 Å². The molecule has 0 aliphatic carbocycles. The van der Waals surface area contributed by atoms with Crippen LogP contribution >= 0.6 is 0 Å². The Labute approximate surface area is 378 Å². The number of aryl methyl sites for hydroxylation is 2. The normalized spacial score (nSPS) is 11.7. The fraction of sp³-hybridized carbons (Fsp3) is 0.0508. The predicted molar refractivity (Wildman–Crippen MR) is 261 cm³/mol. The molecule has 0 unspecified atom stereocenters. The van der Waals surface area contributed by atoms with E-state index in [1.165, 1.54) is 17.2 Å². The van der Waals surface area contributed by atoms with Crippen molar-refractivity contribution in [1.82, 2.24) is 9.13 Å². The maximum absolute atomic E-state index is 14.0. The predicted octanol–water partition coefficient (Wildman–Crippen LogP) is 15.9. The number of nitriles is 2. The van der Waals surface area contributed by atoms with E-state index in [4.69, 9.17) is 0 Å². The van der Waals surface area contributed by atoms with Gasteiger partial charge < -0.3 is 9.13 Å². The Morgan fingerprint density at radius 1 is 0.394 bits per heavy atom. The Morgan fingerprint density at radius 2 is 0.924 bits per heavy atom. The van der Waals surface area contributed by atoms with Gasteiger partial charge in [0.05, 0.1) is 62.3 Å². The molecule has 2 aromatic heterocycles. The standard InChI is InChI=1S/C59H37F3N4/c1-36-9-7-11-39(27-36)41-18-24-55-50(31-41)47-13-3-5-15-53(47)65(55)56-26-20-43(46-23-21-45(59(60,61)62)30-44(46)35-64)33-52(56)49-22-17-38(34-63)29-58(49)66-54-16-6-4-14-48(54)51-32-42(19-25-57(51)66)40-12-8-10-37(2)28-40/h3-33H,1-2H3. The number of nitrogens with zero attached hydrogens (tertiary/aromatic N) is 4. The molecule has 0 radical (unpaired) electrons. The molecule has 0 amide bonds. The van der Waals surface area contributed by atoms with Crippen molar-refractivity contribution in [3.63, 3.8) is 0 Å². The Hall–Kier alpha value is -8.65. The lowest BCUT2D eigenvalue weighted by atomic mass is 9.92. The minimum absolute atomic E-state index is 0.0871. The van der Waals surface area contributed by atoms with Crippen molar-refractivity contribution in [2.75, 3.05) is 0 Å². The average Bonchev–Trinajstić information content (AvgIpc) is 3.85. The molecule has 0 saturated heterocycles. The first kappa shape index (κ1) is 40.1. The number of rotatable bonds is 6. The van der Waals surface area contributed by atoms with Crippen LogP contribution in [0.3, 0.4) is 0 Å². The van der Waals surface area contributed by atoms with Crippen molar-refractivity contribution >= 4 is 43.6 Å². The molecule has 0 fully saturated rings. The molecule has 11 aromatic rings. The van der Waals surface area contributed by atoms with Gasteiger partial charge in [-0.3, -0.25) is 0 Å². The molecule has 0 spiro atoms. The summed E-state index contributed by atoms with van der Waals surface area (Å²) in [5, 5.41) is 24.9. The van der Waals surface area contributed by atoms with Gasteiger partial charge in [-0.15, -0.1) is 0 Å². The zero-order chi connectivity index (χ0) is 45.3. The number of hydrogen-bond acceptors (Lipinski definition) is 2. The number of para-hydroxylation sites is 2. The lowest BCUT2D eigenvalue weighted by Crippen LogP contribution is -2.05. The largest absolute Gasteiger partial charge is 0.416 e. The van der Waals surface area contributed by atoms with E-state index < -0.39 is 11.7 Å². The third-order valence-electron chi connectivity index (χ3n) is 12.7. The van der Waals surface area contributed by atoms with E-state index in [0.29, 0.717) is 16.7 Å². The Bertz CT molecular complexity index is 3870. The van der Waals surface area contributed by atoms with E-state index in [2.05, 4.69) is 138 Å².